The van der Waals surface area contributed by atoms with Gasteiger partial charge in [0, 0.05) is 19.6 Å². The van der Waals surface area contributed by atoms with E-state index in [2.05, 4.69) is 5.32 Å². The summed E-state index contributed by atoms with van der Waals surface area (Å²) in [6.07, 6.45) is 0.990. The van der Waals surface area contributed by atoms with Crippen LogP contribution in [0.2, 0.25) is 10.0 Å². The number of benzene rings is 1. The summed E-state index contributed by atoms with van der Waals surface area (Å²) in [6.45, 7) is 3.49. The molecule has 0 saturated heterocycles. The first kappa shape index (κ1) is 14.6. The Labute approximate surface area is 112 Å². The maximum Gasteiger partial charge on any atom is 0.120 e. The van der Waals surface area contributed by atoms with Crippen molar-refractivity contribution in [2.24, 2.45) is 0 Å². The lowest BCUT2D eigenvalue weighted by atomic mass is 10.3. The van der Waals surface area contributed by atoms with Crippen LogP contribution in [0.5, 0.6) is 5.75 Å². The smallest absolute Gasteiger partial charge is 0.120 e. The molecule has 0 aliphatic rings. The topological polar surface area (TPSA) is 35.1 Å². The predicted octanol–water partition coefficient (Wildman–Crippen LogP) is 1.97. The van der Waals surface area contributed by atoms with Crippen LogP contribution in [0.15, 0.2) is 18.2 Å². The van der Waals surface area contributed by atoms with Gasteiger partial charge in [0.15, 0.2) is 0 Å². The van der Waals surface area contributed by atoms with Crippen molar-refractivity contribution in [1.29, 1.82) is 0 Å². The van der Waals surface area contributed by atoms with Crippen LogP contribution in [0, 0.1) is 0 Å². The molecule has 0 radical (unpaired) electrons. The van der Waals surface area contributed by atoms with Gasteiger partial charge in [0.1, 0.15) is 5.75 Å². The number of nitrogens with two attached hydrogens (primary N) is 1. The first-order valence-electron chi connectivity index (χ1n) is 5.62. The number of quaternary nitrogens is 1. The molecule has 0 unspecified atom stereocenters. The molecule has 0 aromatic heterocycles. The quantitative estimate of drug-likeness (QED) is 0.738. The van der Waals surface area contributed by atoms with E-state index in [9.17, 15) is 0 Å². The van der Waals surface area contributed by atoms with E-state index in [-0.39, 0.29) is 0 Å². The molecule has 0 heterocycles. The molecule has 0 spiro atoms. The van der Waals surface area contributed by atoms with Gasteiger partial charge in [0.25, 0.3) is 0 Å². The largest absolute Gasteiger partial charge is 0.493 e. The number of hydrogen-bond donors (Lipinski definition) is 1. The number of halogens is 2. The lowest BCUT2D eigenvalue weighted by Crippen LogP contribution is -2.85. The molecular formula is C12H18Cl2NO2+. The zero-order valence-corrected chi connectivity index (χ0v) is 11.4. The molecule has 1 aromatic rings. The van der Waals surface area contributed by atoms with Crippen molar-refractivity contribution < 1.29 is 14.8 Å². The molecule has 0 fully saturated rings. The van der Waals surface area contributed by atoms with Crippen molar-refractivity contribution in [2.45, 2.75) is 6.42 Å². The normalized spacial score (nSPS) is 10.5. The molecule has 0 atom stereocenters. The highest BCUT2D eigenvalue weighted by Gasteiger charge is 2.00. The van der Waals surface area contributed by atoms with Gasteiger partial charge in [-0.2, -0.15) is 0 Å². The summed E-state index contributed by atoms with van der Waals surface area (Å²) in [7, 11) is 1.71. The van der Waals surface area contributed by atoms with E-state index < -0.39 is 0 Å². The van der Waals surface area contributed by atoms with Gasteiger partial charge in [-0.3, -0.25) is 0 Å². The molecule has 1 aromatic carbocycles. The highest BCUT2D eigenvalue weighted by Crippen LogP contribution is 2.26. The van der Waals surface area contributed by atoms with Crippen molar-refractivity contribution in [2.75, 3.05) is 33.4 Å². The maximum absolute atomic E-state index is 5.88. The second kappa shape index (κ2) is 8.59. The minimum atomic E-state index is 0.524. The Kier molecular flexibility index (Phi) is 7.37. The molecule has 0 aliphatic carbocycles. The maximum atomic E-state index is 5.88. The van der Waals surface area contributed by atoms with Crippen LogP contribution in [-0.4, -0.2) is 33.4 Å². The Morgan fingerprint density at radius 1 is 1.12 bits per heavy atom. The SMILES string of the molecule is COCC[NH2+]CCCOc1ccc(Cl)c(Cl)c1. The zero-order chi connectivity index (χ0) is 12.5. The van der Waals surface area contributed by atoms with Crippen molar-refractivity contribution >= 4 is 23.2 Å². The lowest BCUT2D eigenvalue weighted by Gasteiger charge is -2.06. The van der Waals surface area contributed by atoms with Crippen molar-refractivity contribution in [1.82, 2.24) is 0 Å². The van der Waals surface area contributed by atoms with Crippen molar-refractivity contribution in [3.05, 3.63) is 28.2 Å². The summed E-state index contributed by atoms with van der Waals surface area (Å²) in [5.41, 5.74) is 0. The molecule has 0 aliphatic heterocycles. The predicted molar refractivity (Wildman–Crippen MR) is 70.1 cm³/mol. The number of hydrogen-bond acceptors (Lipinski definition) is 2. The van der Waals surface area contributed by atoms with E-state index in [1.165, 1.54) is 0 Å². The van der Waals surface area contributed by atoms with Gasteiger partial charge < -0.3 is 14.8 Å². The summed E-state index contributed by atoms with van der Waals surface area (Å²) < 4.78 is 10.5. The highest BCUT2D eigenvalue weighted by atomic mass is 35.5. The Morgan fingerprint density at radius 2 is 1.94 bits per heavy atom. The van der Waals surface area contributed by atoms with Crippen LogP contribution in [0.1, 0.15) is 6.42 Å². The van der Waals surface area contributed by atoms with E-state index in [4.69, 9.17) is 32.7 Å². The Hall–Kier alpha value is -0.480. The lowest BCUT2D eigenvalue weighted by molar-refractivity contribution is -0.656. The molecule has 0 amide bonds. The second-order valence-corrected chi connectivity index (χ2v) is 4.45. The fourth-order valence-corrected chi connectivity index (χ4v) is 1.62. The second-order valence-electron chi connectivity index (χ2n) is 3.64. The first-order valence-corrected chi connectivity index (χ1v) is 6.38. The third-order valence-corrected chi connectivity index (χ3v) is 2.98. The Bertz CT molecular complexity index is 334. The van der Waals surface area contributed by atoms with Crippen LogP contribution < -0.4 is 10.1 Å². The van der Waals surface area contributed by atoms with E-state index in [0.717, 1.165) is 31.9 Å². The third kappa shape index (κ3) is 6.13. The van der Waals surface area contributed by atoms with Gasteiger partial charge in [-0.15, -0.1) is 0 Å². The molecule has 96 valence electrons. The summed E-state index contributed by atoms with van der Waals surface area (Å²) >= 11 is 11.7. The van der Waals surface area contributed by atoms with E-state index in [1.54, 1.807) is 19.2 Å². The van der Waals surface area contributed by atoms with Crippen molar-refractivity contribution in [3.63, 3.8) is 0 Å². The van der Waals surface area contributed by atoms with Gasteiger partial charge in [0.2, 0.25) is 0 Å². The van der Waals surface area contributed by atoms with Crippen molar-refractivity contribution in [3.8, 4) is 5.75 Å². The van der Waals surface area contributed by atoms with E-state index in [1.807, 2.05) is 6.07 Å². The molecular weight excluding hydrogens is 261 g/mol. The average molecular weight is 279 g/mol. The molecule has 5 heteroatoms. The number of ether oxygens (including phenoxy) is 2. The van der Waals surface area contributed by atoms with Crippen LogP contribution in [-0.2, 0) is 4.74 Å². The minimum Gasteiger partial charge on any atom is -0.493 e. The molecule has 2 N–H and O–H groups in total. The standard InChI is InChI=1S/C12H17Cl2NO2/c1-16-8-6-15-5-2-7-17-10-3-4-11(13)12(14)9-10/h3-4,9,15H,2,5-8H2,1H3/p+1. The number of methoxy groups -OCH3 is 1. The summed E-state index contributed by atoms with van der Waals surface area (Å²) in [6, 6.07) is 5.30. The first-order chi connectivity index (χ1) is 8.24. The van der Waals surface area contributed by atoms with Crippen LogP contribution in [0.25, 0.3) is 0 Å². The average Bonchev–Trinajstić information content (AvgIpc) is 2.32. The summed E-state index contributed by atoms with van der Waals surface area (Å²) in [5, 5.41) is 3.28. The van der Waals surface area contributed by atoms with Gasteiger partial charge in [-0.05, 0) is 12.1 Å². The van der Waals surface area contributed by atoms with Crippen LogP contribution >= 0.6 is 23.2 Å². The zero-order valence-electron chi connectivity index (χ0n) is 9.92. The Balaban J connectivity index is 2.11. The molecule has 17 heavy (non-hydrogen) atoms. The van der Waals surface area contributed by atoms with E-state index >= 15 is 0 Å². The van der Waals surface area contributed by atoms with Gasteiger partial charge in [-0.25, -0.2) is 0 Å². The highest BCUT2D eigenvalue weighted by molar-refractivity contribution is 6.42. The van der Waals surface area contributed by atoms with Crippen LogP contribution in [0.3, 0.4) is 0 Å². The Morgan fingerprint density at radius 3 is 2.65 bits per heavy atom. The van der Waals surface area contributed by atoms with Crippen LogP contribution in [0.4, 0.5) is 0 Å². The molecule has 0 saturated carbocycles. The van der Waals surface area contributed by atoms with E-state index in [0.29, 0.717) is 16.7 Å². The number of rotatable bonds is 8. The monoisotopic (exact) mass is 278 g/mol. The molecule has 3 nitrogen and oxygen atoms in total. The summed E-state index contributed by atoms with van der Waals surface area (Å²) in [5.74, 6) is 0.760. The minimum absolute atomic E-state index is 0.524. The fraction of sp³-hybridized carbons (Fsp3) is 0.500. The third-order valence-electron chi connectivity index (χ3n) is 2.24. The summed E-state index contributed by atoms with van der Waals surface area (Å²) in [4.78, 5) is 0. The fourth-order valence-electron chi connectivity index (χ4n) is 1.33. The van der Waals surface area contributed by atoms with Gasteiger partial charge >= 0.3 is 0 Å². The van der Waals surface area contributed by atoms with Gasteiger partial charge in [-0.1, -0.05) is 23.2 Å². The molecule has 0 bridgehead atoms. The van der Waals surface area contributed by atoms with Gasteiger partial charge in [0.05, 0.1) is 36.3 Å². The molecule has 1 rings (SSSR count).